The van der Waals surface area contributed by atoms with Gasteiger partial charge in [-0.3, -0.25) is 4.79 Å². The number of anilines is 1. The lowest BCUT2D eigenvalue weighted by Crippen LogP contribution is -2.49. The molecule has 1 fully saturated rings. The Bertz CT molecular complexity index is 906. The maximum absolute atomic E-state index is 12.8. The molecule has 3 rings (SSSR count). The SMILES string of the molecule is Cc1ccc(-c2nc(C)c(C)c(N3CCN(C(=O)C[C@H](C)CC(C)(C)C)CC3)n2)cc1. The van der Waals surface area contributed by atoms with E-state index in [9.17, 15) is 4.79 Å². The number of carbonyl (C=O) groups is 1. The highest BCUT2D eigenvalue weighted by Gasteiger charge is 2.26. The van der Waals surface area contributed by atoms with Gasteiger partial charge in [-0.05, 0) is 38.5 Å². The van der Waals surface area contributed by atoms with Crippen molar-refractivity contribution in [3.8, 4) is 11.4 Å². The second kappa shape index (κ2) is 9.37. The van der Waals surface area contributed by atoms with Crippen LogP contribution >= 0.6 is 0 Å². The standard InChI is InChI=1S/C26H38N4O/c1-18-8-10-22(11-9-18)24-27-21(4)20(3)25(28-24)30-14-12-29(13-15-30)23(31)16-19(2)17-26(5,6)7/h8-11,19H,12-17H2,1-7H3/t19-/m0/s1. The molecular formula is C26H38N4O. The molecule has 5 heteroatoms. The van der Waals surface area contributed by atoms with Crippen LogP contribution in [-0.4, -0.2) is 47.0 Å². The van der Waals surface area contributed by atoms with Crippen molar-refractivity contribution in [3.63, 3.8) is 0 Å². The molecule has 0 unspecified atom stereocenters. The Morgan fingerprint density at radius 3 is 2.19 bits per heavy atom. The first kappa shape index (κ1) is 23.2. The fourth-order valence-electron chi connectivity index (χ4n) is 4.47. The van der Waals surface area contributed by atoms with Gasteiger partial charge >= 0.3 is 0 Å². The van der Waals surface area contributed by atoms with Gasteiger partial charge in [0.2, 0.25) is 5.91 Å². The topological polar surface area (TPSA) is 49.3 Å². The summed E-state index contributed by atoms with van der Waals surface area (Å²) in [6.45, 7) is 18.3. The quantitative estimate of drug-likeness (QED) is 0.666. The molecule has 1 aliphatic heterocycles. The summed E-state index contributed by atoms with van der Waals surface area (Å²) >= 11 is 0. The van der Waals surface area contributed by atoms with E-state index in [1.807, 2.05) is 4.90 Å². The molecule has 0 aliphatic carbocycles. The number of amides is 1. The molecular weight excluding hydrogens is 384 g/mol. The summed E-state index contributed by atoms with van der Waals surface area (Å²) < 4.78 is 0. The molecule has 1 aromatic carbocycles. The van der Waals surface area contributed by atoms with Crippen LogP contribution in [0.5, 0.6) is 0 Å². The minimum absolute atomic E-state index is 0.260. The summed E-state index contributed by atoms with van der Waals surface area (Å²) in [6.07, 6.45) is 1.71. The Kier molecular flexibility index (Phi) is 7.03. The predicted molar refractivity (Wildman–Crippen MR) is 128 cm³/mol. The van der Waals surface area contributed by atoms with Crippen molar-refractivity contribution in [2.75, 3.05) is 31.1 Å². The minimum Gasteiger partial charge on any atom is -0.353 e. The van der Waals surface area contributed by atoms with Crippen molar-refractivity contribution in [1.29, 1.82) is 0 Å². The molecule has 0 N–H and O–H groups in total. The van der Waals surface area contributed by atoms with Crippen LogP contribution in [0.25, 0.3) is 11.4 Å². The number of benzene rings is 1. The van der Waals surface area contributed by atoms with Gasteiger partial charge < -0.3 is 9.80 Å². The van der Waals surface area contributed by atoms with Crippen molar-refractivity contribution in [2.45, 2.75) is 61.3 Å². The summed E-state index contributed by atoms with van der Waals surface area (Å²) in [4.78, 5) is 26.8. The zero-order valence-corrected chi connectivity index (χ0v) is 20.3. The van der Waals surface area contributed by atoms with Gasteiger partial charge in [-0.1, -0.05) is 57.5 Å². The average Bonchev–Trinajstić information content (AvgIpc) is 2.69. The maximum Gasteiger partial charge on any atom is 0.222 e. The van der Waals surface area contributed by atoms with E-state index in [1.54, 1.807) is 0 Å². The molecule has 2 heterocycles. The first-order valence-electron chi connectivity index (χ1n) is 11.5. The highest BCUT2D eigenvalue weighted by atomic mass is 16.2. The number of nitrogens with zero attached hydrogens (tertiary/aromatic N) is 4. The van der Waals surface area contributed by atoms with E-state index in [2.05, 4.69) is 77.6 Å². The molecule has 2 aromatic rings. The lowest BCUT2D eigenvalue weighted by Gasteiger charge is -2.37. The zero-order valence-electron chi connectivity index (χ0n) is 20.3. The first-order valence-corrected chi connectivity index (χ1v) is 11.5. The van der Waals surface area contributed by atoms with Gasteiger partial charge in [0.15, 0.2) is 5.82 Å². The lowest BCUT2D eigenvalue weighted by molar-refractivity contribution is -0.132. The van der Waals surface area contributed by atoms with Gasteiger partial charge in [-0.15, -0.1) is 0 Å². The van der Waals surface area contributed by atoms with E-state index in [4.69, 9.17) is 9.97 Å². The van der Waals surface area contributed by atoms with E-state index < -0.39 is 0 Å². The Morgan fingerprint density at radius 2 is 1.61 bits per heavy atom. The minimum atomic E-state index is 0.260. The fraction of sp³-hybridized carbons (Fsp3) is 0.577. The molecule has 168 valence electrons. The fourth-order valence-corrected chi connectivity index (χ4v) is 4.47. The molecule has 1 aromatic heterocycles. The predicted octanol–water partition coefficient (Wildman–Crippen LogP) is 5.18. The highest BCUT2D eigenvalue weighted by molar-refractivity contribution is 5.76. The van der Waals surface area contributed by atoms with Crippen LogP contribution < -0.4 is 4.90 Å². The van der Waals surface area contributed by atoms with Crippen molar-refractivity contribution < 1.29 is 4.79 Å². The second-order valence-electron chi connectivity index (χ2n) is 10.4. The monoisotopic (exact) mass is 422 g/mol. The molecule has 1 aliphatic rings. The van der Waals surface area contributed by atoms with Crippen molar-refractivity contribution in [2.24, 2.45) is 11.3 Å². The molecule has 31 heavy (non-hydrogen) atoms. The average molecular weight is 423 g/mol. The van der Waals surface area contributed by atoms with Gasteiger partial charge in [0.1, 0.15) is 5.82 Å². The molecule has 5 nitrogen and oxygen atoms in total. The van der Waals surface area contributed by atoms with Gasteiger partial charge in [0.25, 0.3) is 0 Å². The van der Waals surface area contributed by atoms with E-state index in [1.165, 1.54) is 5.56 Å². The van der Waals surface area contributed by atoms with Crippen molar-refractivity contribution in [3.05, 3.63) is 41.1 Å². The molecule has 0 bridgehead atoms. The van der Waals surface area contributed by atoms with E-state index >= 15 is 0 Å². The number of piperazine rings is 1. The third-order valence-corrected chi connectivity index (χ3v) is 6.09. The largest absolute Gasteiger partial charge is 0.353 e. The number of carbonyl (C=O) groups excluding carboxylic acids is 1. The number of hydrogen-bond acceptors (Lipinski definition) is 4. The maximum atomic E-state index is 12.8. The summed E-state index contributed by atoms with van der Waals surface area (Å²) in [5.74, 6) is 2.46. The van der Waals surface area contributed by atoms with Gasteiger partial charge in [-0.25, -0.2) is 9.97 Å². The van der Waals surface area contributed by atoms with E-state index in [0.29, 0.717) is 12.3 Å². The molecule has 0 spiro atoms. The third-order valence-electron chi connectivity index (χ3n) is 6.09. The number of aryl methyl sites for hydroxylation is 2. The van der Waals surface area contributed by atoms with Gasteiger partial charge in [0.05, 0.1) is 0 Å². The lowest BCUT2D eigenvalue weighted by atomic mass is 9.84. The normalized spacial score (nSPS) is 15.8. The first-order chi connectivity index (χ1) is 14.5. The van der Waals surface area contributed by atoms with Crippen LogP contribution in [0.15, 0.2) is 24.3 Å². The summed E-state index contributed by atoms with van der Waals surface area (Å²) in [5, 5.41) is 0. The third kappa shape index (κ3) is 6.05. The Hall–Kier alpha value is -2.43. The van der Waals surface area contributed by atoms with E-state index in [0.717, 1.165) is 61.1 Å². The van der Waals surface area contributed by atoms with Crippen LogP contribution in [0.4, 0.5) is 5.82 Å². The van der Waals surface area contributed by atoms with Gasteiger partial charge in [0, 0.05) is 49.4 Å². The molecule has 0 saturated carbocycles. The Morgan fingerprint density at radius 1 is 1.00 bits per heavy atom. The van der Waals surface area contributed by atoms with Crippen LogP contribution in [0.1, 0.15) is 57.4 Å². The Balaban J connectivity index is 1.68. The smallest absolute Gasteiger partial charge is 0.222 e. The second-order valence-corrected chi connectivity index (χ2v) is 10.4. The number of hydrogen-bond donors (Lipinski definition) is 0. The van der Waals surface area contributed by atoms with Crippen LogP contribution in [0.3, 0.4) is 0 Å². The molecule has 0 radical (unpaired) electrons. The van der Waals surface area contributed by atoms with Crippen molar-refractivity contribution >= 4 is 11.7 Å². The molecule has 1 amide bonds. The zero-order chi connectivity index (χ0) is 22.8. The number of rotatable bonds is 5. The van der Waals surface area contributed by atoms with Gasteiger partial charge in [-0.2, -0.15) is 0 Å². The molecule has 1 atom stereocenters. The Labute approximate surface area is 187 Å². The number of aromatic nitrogens is 2. The van der Waals surface area contributed by atoms with Crippen molar-refractivity contribution in [1.82, 2.24) is 14.9 Å². The highest BCUT2D eigenvalue weighted by Crippen LogP contribution is 2.28. The summed E-state index contributed by atoms with van der Waals surface area (Å²) in [5.41, 5.74) is 4.65. The summed E-state index contributed by atoms with van der Waals surface area (Å²) in [6, 6.07) is 8.36. The molecule has 1 saturated heterocycles. The van der Waals surface area contributed by atoms with Crippen LogP contribution in [0.2, 0.25) is 0 Å². The van der Waals surface area contributed by atoms with Crippen LogP contribution in [-0.2, 0) is 4.79 Å². The summed E-state index contributed by atoms with van der Waals surface area (Å²) in [7, 11) is 0. The van der Waals surface area contributed by atoms with E-state index in [-0.39, 0.29) is 11.3 Å². The van der Waals surface area contributed by atoms with Crippen LogP contribution in [0, 0.1) is 32.1 Å².